The van der Waals surface area contributed by atoms with Crippen molar-refractivity contribution in [1.82, 2.24) is 16.2 Å². The highest BCUT2D eigenvalue weighted by Crippen LogP contribution is 2.05. The minimum absolute atomic E-state index is 0. The van der Waals surface area contributed by atoms with E-state index in [1.54, 1.807) is 0 Å². The Kier molecular flexibility index (Phi) is 8.62. The molecule has 1 aromatic carbocycles. The molecule has 0 aliphatic carbocycles. The Morgan fingerprint density at radius 3 is 2.39 bits per heavy atom. The van der Waals surface area contributed by atoms with Crippen LogP contribution in [0.4, 0.5) is 0 Å². The van der Waals surface area contributed by atoms with Gasteiger partial charge in [-0.05, 0) is 38.1 Å². The van der Waals surface area contributed by atoms with Crippen LogP contribution in [0.1, 0.15) is 36.2 Å². The van der Waals surface area contributed by atoms with Gasteiger partial charge in [-0.1, -0.05) is 19.1 Å². The molecule has 5 heteroatoms. The number of halogens is 1. The second-order valence-electron chi connectivity index (χ2n) is 4.08. The summed E-state index contributed by atoms with van der Waals surface area (Å²) < 4.78 is 0. The molecular weight excluding hydrogens is 294 g/mol. The van der Waals surface area contributed by atoms with E-state index in [0.717, 1.165) is 18.5 Å². The van der Waals surface area contributed by atoms with E-state index in [2.05, 4.69) is 23.1 Å². The van der Waals surface area contributed by atoms with Crippen molar-refractivity contribution >= 4 is 22.9 Å². The quantitative estimate of drug-likeness (QED) is 0.704. The van der Waals surface area contributed by atoms with Gasteiger partial charge in [0.15, 0.2) is 0 Å². The fraction of sp³-hybridized carbons (Fsp3) is 0.462. The van der Waals surface area contributed by atoms with Gasteiger partial charge in [0.05, 0.1) is 0 Å². The van der Waals surface area contributed by atoms with Crippen LogP contribution in [0.5, 0.6) is 0 Å². The van der Waals surface area contributed by atoms with E-state index in [0.29, 0.717) is 5.56 Å². The van der Waals surface area contributed by atoms with Gasteiger partial charge in [0.2, 0.25) is 0 Å². The second kappa shape index (κ2) is 9.08. The largest absolute Gasteiger partial charge is 0.350 e. The van der Waals surface area contributed by atoms with Crippen molar-refractivity contribution in [2.24, 2.45) is 0 Å². The molecule has 0 spiro atoms. The molecule has 1 aromatic rings. The van der Waals surface area contributed by atoms with Gasteiger partial charge in [0.1, 0.15) is 0 Å². The number of carbonyl (C=O) groups is 1. The highest BCUT2D eigenvalue weighted by molar-refractivity contribution is 8.93. The molecule has 1 rings (SSSR count). The lowest BCUT2D eigenvalue weighted by Crippen LogP contribution is -2.31. The Bertz CT molecular complexity index is 354. The summed E-state index contributed by atoms with van der Waals surface area (Å²) in [5, 5.41) is 2.94. The van der Waals surface area contributed by atoms with Crippen LogP contribution in [-0.4, -0.2) is 19.0 Å². The van der Waals surface area contributed by atoms with Crippen molar-refractivity contribution in [2.75, 3.05) is 7.05 Å². The zero-order valence-corrected chi connectivity index (χ0v) is 12.8. The molecule has 1 amide bonds. The van der Waals surface area contributed by atoms with E-state index in [1.807, 2.05) is 38.2 Å². The van der Waals surface area contributed by atoms with Crippen LogP contribution in [0, 0.1) is 0 Å². The maximum atomic E-state index is 11.8. The van der Waals surface area contributed by atoms with Gasteiger partial charge in [-0.25, -0.2) is 0 Å². The van der Waals surface area contributed by atoms with Gasteiger partial charge in [-0.3, -0.25) is 15.6 Å². The summed E-state index contributed by atoms with van der Waals surface area (Å²) in [6, 6.07) is 7.83. The molecule has 0 aromatic heterocycles. The van der Waals surface area contributed by atoms with Gasteiger partial charge in [0.25, 0.3) is 5.91 Å². The Morgan fingerprint density at radius 1 is 1.28 bits per heavy atom. The highest BCUT2D eigenvalue weighted by Gasteiger charge is 2.07. The van der Waals surface area contributed by atoms with Crippen LogP contribution in [0.25, 0.3) is 0 Å². The monoisotopic (exact) mass is 315 g/mol. The second-order valence-corrected chi connectivity index (χ2v) is 4.08. The minimum Gasteiger partial charge on any atom is -0.350 e. The number of hydrazine groups is 1. The fourth-order valence-electron chi connectivity index (χ4n) is 1.37. The summed E-state index contributed by atoms with van der Waals surface area (Å²) in [5.41, 5.74) is 7.71. The Labute approximate surface area is 119 Å². The molecule has 18 heavy (non-hydrogen) atoms. The maximum Gasteiger partial charge on any atom is 0.251 e. The van der Waals surface area contributed by atoms with Crippen molar-refractivity contribution in [3.63, 3.8) is 0 Å². The first-order valence-electron chi connectivity index (χ1n) is 5.96. The van der Waals surface area contributed by atoms with Crippen molar-refractivity contribution in [3.05, 3.63) is 35.4 Å². The minimum atomic E-state index is -0.00697. The standard InChI is InChI=1S/C13H21N3O.BrH/c1-4-10(2)16-13(17)12-7-5-11(6-8-12)9-15-14-3;/h5-8,10,14-15H,4,9H2,1-3H3,(H,16,17);1H. The molecule has 102 valence electrons. The third-order valence-electron chi connectivity index (χ3n) is 2.68. The van der Waals surface area contributed by atoms with Gasteiger partial charge in [-0.2, -0.15) is 0 Å². The third kappa shape index (κ3) is 5.62. The zero-order chi connectivity index (χ0) is 12.7. The number of rotatable bonds is 6. The zero-order valence-electron chi connectivity index (χ0n) is 11.1. The topological polar surface area (TPSA) is 53.2 Å². The summed E-state index contributed by atoms with van der Waals surface area (Å²) >= 11 is 0. The molecule has 0 radical (unpaired) electrons. The van der Waals surface area contributed by atoms with Crippen molar-refractivity contribution < 1.29 is 4.79 Å². The van der Waals surface area contributed by atoms with E-state index in [1.165, 1.54) is 0 Å². The molecule has 0 bridgehead atoms. The first-order valence-corrected chi connectivity index (χ1v) is 5.96. The summed E-state index contributed by atoms with van der Waals surface area (Å²) in [5.74, 6) is -0.00697. The average molecular weight is 316 g/mol. The molecule has 0 saturated heterocycles. The van der Waals surface area contributed by atoms with E-state index in [9.17, 15) is 4.79 Å². The van der Waals surface area contributed by atoms with Crippen molar-refractivity contribution in [2.45, 2.75) is 32.9 Å². The Hall–Kier alpha value is -0.910. The third-order valence-corrected chi connectivity index (χ3v) is 2.68. The molecule has 0 aliphatic rings. The lowest BCUT2D eigenvalue weighted by atomic mass is 10.1. The maximum absolute atomic E-state index is 11.8. The normalized spacial score (nSPS) is 11.5. The summed E-state index contributed by atoms with van der Waals surface area (Å²) in [7, 11) is 1.83. The molecule has 0 aliphatic heterocycles. The Balaban J connectivity index is 0.00000289. The summed E-state index contributed by atoms with van der Waals surface area (Å²) in [4.78, 5) is 11.8. The molecule has 0 fully saturated rings. The van der Waals surface area contributed by atoms with Crippen LogP contribution in [0.15, 0.2) is 24.3 Å². The predicted octanol–water partition coefficient (Wildman–Crippen LogP) is 2.02. The van der Waals surface area contributed by atoms with Gasteiger partial charge in [-0.15, -0.1) is 17.0 Å². The Morgan fingerprint density at radius 2 is 1.89 bits per heavy atom. The first kappa shape index (κ1) is 17.1. The predicted molar refractivity (Wildman–Crippen MR) is 79.9 cm³/mol. The van der Waals surface area contributed by atoms with Crippen LogP contribution in [-0.2, 0) is 6.54 Å². The van der Waals surface area contributed by atoms with Crippen LogP contribution < -0.4 is 16.2 Å². The van der Waals surface area contributed by atoms with Crippen molar-refractivity contribution in [3.8, 4) is 0 Å². The van der Waals surface area contributed by atoms with Crippen LogP contribution in [0.2, 0.25) is 0 Å². The SMILES string of the molecule is Br.CCC(C)NC(=O)c1ccc(CNNC)cc1. The molecular formula is C13H22BrN3O. The molecule has 1 atom stereocenters. The lowest BCUT2D eigenvalue weighted by Gasteiger charge is -2.11. The molecule has 1 unspecified atom stereocenters. The van der Waals surface area contributed by atoms with Gasteiger partial charge < -0.3 is 5.32 Å². The lowest BCUT2D eigenvalue weighted by molar-refractivity contribution is 0.0939. The number of carbonyl (C=O) groups excluding carboxylic acids is 1. The van der Waals surface area contributed by atoms with E-state index in [-0.39, 0.29) is 28.9 Å². The first-order chi connectivity index (χ1) is 8.17. The summed E-state index contributed by atoms with van der Waals surface area (Å²) in [6.07, 6.45) is 0.940. The number of hydrogen-bond acceptors (Lipinski definition) is 3. The van der Waals surface area contributed by atoms with E-state index < -0.39 is 0 Å². The molecule has 0 saturated carbocycles. The number of nitrogens with one attached hydrogen (secondary N) is 3. The van der Waals surface area contributed by atoms with E-state index >= 15 is 0 Å². The molecule has 3 N–H and O–H groups in total. The van der Waals surface area contributed by atoms with Crippen LogP contribution in [0.3, 0.4) is 0 Å². The molecule has 0 heterocycles. The van der Waals surface area contributed by atoms with E-state index in [4.69, 9.17) is 0 Å². The number of benzene rings is 1. The smallest absolute Gasteiger partial charge is 0.251 e. The molecule has 4 nitrogen and oxygen atoms in total. The average Bonchev–Trinajstić information content (AvgIpc) is 2.36. The van der Waals surface area contributed by atoms with Gasteiger partial charge >= 0.3 is 0 Å². The number of hydrogen-bond donors (Lipinski definition) is 3. The highest BCUT2D eigenvalue weighted by atomic mass is 79.9. The van der Waals surface area contributed by atoms with Gasteiger partial charge in [0, 0.05) is 18.2 Å². The number of amides is 1. The fourth-order valence-corrected chi connectivity index (χ4v) is 1.37. The van der Waals surface area contributed by atoms with Crippen LogP contribution >= 0.6 is 17.0 Å². The van der Waals surface area contributed by atoms with Crippen molar-refractivity contribution in [1.29, 1.82) is 0 Å². The summed E-state index contributed by atoms with van der Waals surface area (Å²) in [6.45, 7) is 4.80.